The highest BCUT2D eigenvalue weighted by Crippen LogP contribution is 2.09. The summed E-state index contributed by atoms with van der Waals surface area (Å²) in [6.45, 7) is 0.0484. The molecule has 0 fully saturated rings. The third-order valence-corrected chi connectivity index (χ3v) is 3.19. The van der Waals surface area contributed by atoms with E-state index in [1.807, 2.05) is 0 Å². The molecule has 0 atom stereocenters. The van der Waals surface area contributed by atoms with E-state index in [4.69, 9.17) is 16.7 Å². The summed E-state index contributed by atoms with van der Waals surface area (Å²) in [5.74, 6) is -2.32. The molecule has 0 spiro atoms. The highest BCUT2D eigenvalue weighted by Gasteiger charge is 2.14. The predicted octanol–water partition coefficient (Wildman–Crippen LogP) is 0.844. The van der Waals surface area contributed by atoms with Crippen LogP contribution in [0.2, 0.25) is 5.02 Å². The Balaban J connectivity index is 2.58. The molecule has 0 aliphatic rings. The number of carboxylic acids is 1. The van der Waals surface area contributed by atoms with Gasteiger partial charge in [0.05, 0.1) is 0 Å². The highest BCUT2D eigenvalue weighted by atomic mass is 35.5. The summed E-state index contributed by atoms with van der Waals surface area (Å²) in [5, 5.41) is 8.90. The first-order chi connectivity index (χ1) is 7.39. The largest absolute Gasteiger partial charge is 0.480 e. The fourth-order valence-electron chi connectivity index (χ4n) is 1.01. The van der Waals surface area contributed by atoms with Crippen LogP contribution >= 0.6 is 11.6 Å². The molecule has 1 aromatic rings. The van der Waals surface area contributed by atoms with E-state index in [1.54, 1.807) is 24.3 Å². The number of hydrogen-bond acceptors (Lipinski definition) is 3. The van der Waals surface area contributed by atoms with Crippen molar-refractivity contribution in [2.24, 2.45) is 0 Å². The molecule has 0 amide bonds. The van der Waals surface area contributed by atoms with Crippen LogP contribution in [0, 0.1) is 0 Å². The van der Waals surface area contributed by atoms with Crippen molar-refractivity contribution in [2.45, 2.75) is 6.54 Å². The van der Waals surface area contributed by atoms with Crippen molar-refractivity contribution in [3.8, 4) is 0 Å². The average Bonchev–Trinajstić information content (AvgIpc) is 2.15. The van der Waals surface area contributed by atoms with Crippen molar-refractivity contribution in [3.05, 3.63) is 34.9 Å². The van der Waals surface area contributed by atoms with Crippen LogP contribution in [0.4, 0.5) is 0 Å². The van der Waals surface area contributed by atoms with Crippen LogP contribution in [0.15, 0.2) is 24.3 Å². The molecular weight excluding hydrogens is 254 g/mol. The van der Waals surface area contributed by atoms with Crippen LogP contribution in [0.5, 0.6) is 0 Å². The van der Waals surface area contributed by atoms with E-state index in [0.717, 1.165) is 0 Å². The van der Waals surface area contributed by atoms with Gasteiger partial charge in [-0.15, -0.1) is 0 Å². The van der Waals surface area contributed by atoms with Gasteiger partial charge in [-0.25, -0.2) is 13.1 Å². The lowest BCUT2D eigenvalue weighted by Crippen LogP contribution is -2.29. The van der Waals surface area contributed by atoms with Crippen LogP contribution in [0.25, 0.3) is 0 Å². The van der Waals surface area contributed by atoms with Crippen LogP contribution in [0.1, 0.15) is 5.56 Å². The highest BCUT2D eigenvalue weighted by molar-refractivity contribution is 7.90. The normalized spacial score (nSPS) is 11.3. The molecule has 7 heteroatoms. The molecule has 0 aliphatic heterocycles. The van der Waals surface area contributed by atoms with Crippen LogP contribution < -0.4 is 4.72 Å². The molecule has 1 aromatic carbocycles. The van der Waals surface area contributed by atoms with Gasteiger partial charge in [-0.3, -0.25) is 4.79 Å². The van der Waals surface area contributed by atoms with E-state index in [0.29, 0.717) is 10.6 Å². The van der Waals surface area contributed by atoms with E-state index in [-0.39, 0.29) is 6.54 Å². The number of nitrogens with one attached hydrogen (secondary N) is 1. The van der Waals surface area contributed by atoms with Crippen molar-refractivity contribution >= 4 is 27.6 Å². The predicted molar refractivity (Wildman–Crippen MR) is 59.7 cm³/mol. The summed E-state index contributed by atoms with van der Waals surface area (Å²) in [7, 11) is -3.77. The lowest BCUT2D eigenvalue weighted by Gasteiger charge is -2.04. The maximum absolute atomic E-state index is 11.2. The molecule has 0 aromatic heterocycles. The zero-order valence-electron chi connectivity index (χ0n) is 8.18. The van der Waals surface area contributed by atoms with Gasteiger partial charge in [-0.2, -0.15) is 0 Å². The second-order valence-corrected chi connectivity index (χ2v) is 5.34. The molecule has 0 saturated carbocycles. The zero-order chi connectivity index (χ0) is 12.2. The molecule has 1 rings (SSSR count). The van der Waals surface area contributed by atoms with Gasteiger partial charge >= 0.3 is 5.97 Å². The number of carboxylic acid groups (broad SMARTS) is 1. The van der Waals surface area contributed by atoms with Crippen LogP contribution in [-0.4, -0.2) is 25.2 Å². The summed E-state index contributed by atoms with van der Waals surface area (Å²) in [6, 6.07) is 6.57. The Morgan fingerprint density at radius 1 is 1.31 bits per heavy atom. The summed E-state index contributed by atoms with van der Waals surface area (Å²) < 4.78 is 24.5. The lowest BCUT2D eigenvalue weighted by molar-refractivity contribution is -0.134. The quantitative estimate of drug-likeness (QED) is 0.825. The molecule has 88 valence electrons. The Bertz CT molecular complexity index is 469. The maximum Gasteiger partial charge on any atom is 0.320 e. The fourth-order valence-corrected chi connectivity index (χ4v) is 1.95. The summed E-state index contributed by atoms with van der Waals surface area (Å²) in [6.07, 6.45) is 0. The molecular formula is C9H10ClNO4S. The SMILES string of the molecule is O=C(O)CS(=O)(=O)NCc1ccc(Cl)cc1. The van der Waals surface area contributed by atoms with Gasteiger partial charge < -0.3 is 5.11 Å². The van der Waals surface area contributed by atoms with Crippen LogP contribution in [-0.2, 0) is 21.4 Å². The molecule has 16 heavy (non-hydrogen) atoms. The molecule has 0 aliphatic carbocycles. The molecule has 0 radical (unpaired) electrons. The Kier molecular flexibility index (Phi) is 4.28. The topological polar surface area (TPSA) is 83.5 Å². The molecule has 0 heterocycles. The average molecular weight is 264 g/mol. The van der Waals surface area contributed by atoms with Crippen molar-refractivity contribution in [1.29, 1.82) is 0 Å². The van der Waals surface area contributed by atoms with E-state index in [1.165, 1.54) is 0 Å². The fraction of sp³-hybridized carbons (Fsp3) is 0.222. The Morgan fingerprint density at radius 3 is 2.38 bits per heavy atom. The van der Waals surface area contributed by atoms with Gasteiger partial charge in [0.15, 0.2) is 5.75 Å². The summed E-state index contributed by atoms with van der Waals surface area (Å²) >= 11 is 5.65. The lowest BCUT2D eigenvalue weighted by atomic mass is 10.2. The number of aliphatic carboxylic acids is 1. The zero-order valence-corrected chi connectivity index (χ0v) is 9.75. The van der Waals surface area contributed by atoms with E-state index < -0.39 is 21.7 Å². The molecule has 0 saturated heterocycles. The van der Waals surface area contributed by atoms with E-state index in [9.17, 15) is 13.2 Å². The molecule has 0 unspecified atom stereocenters. The van der Waals surface area contributed by atoms with Crippen molar-refractivity contribution in [1.82, 2.24) is 4.72 Å². The molecule has 2 N–H and O–H groups in total. The van der Waals surface area contributed by atoms with Crippen molar-refractivity contribution < 1.29 is 18.3 Å². The third-order valence-electron chi connectivity index (χ3n) is 1.72. The number of hydrogen-bond donors (Lipinski definition) is 2. The first-order valence-corrected chi connectivity index (χ1v) is 6.36. The van der Waals surface area contributed by atoms with Crippen LogP contribution in [0.3, 0.4) is 0 Å². The maximum atomic E-state index is 11.2. The number of carbonyl (C=O) groups is 1. The second-order valence-electron chi connectivity index (χ2n) is 3.10. The summed E-state index contributed by atoms with van der Waals surface area (Å²) in [5.41, 5.74) is 0.707. The van der Waals surface area contributed by atoms with Gasteiger partial charge in [0.25, 0.3) is 0 Å². The van der Waals surface area contributed by atoms with E-state index >= 15 is 0 Å². The monoisotopic (exact) mass is 263 g/mol. The van der Waals surface area contributed by atoms with Gasteiger partial charge in [0, 0.05) is 11.6 Å². The van der Waals surface area contributed by atoms with Crippen molar-refractivity contribution in [3.63, 3.8) is 0 Å². The number of sulfonamides is 1. The minimum absolute atomic E-state index is 0.0484. The van der Waals surface area contributed by atoms with E-state index in [2.05, 4.69) is 4.72 Å². The second kappa shape index (κ2) is 5.29. The first-order valence-electron chi connectivity index (χ1n) is 4.32. The smallest absolute Gasteiger partial charge is 0.320 e. The third kappa shape index (κ3) is 4.61. The first kappa shape index (κ1) is 13.0. The van der Waals surface area contributed by atoms with Gasteiger partial charge in [-0.1, -0.05) is 23.7 Å². The van der Waals surface area contributed by atoms with Gasteiger partial charge in [0.2, 0.25) is 10.0 Å². The van der Waals surface area contributed by atoms with Crippen molar-refractivity contribution in [2.75, 3.05) is 5.75 Å². The summed E-state index contributed by atoms with van der Waals surface area (Å²) in [4.78, 5) is 10.2. The minimum atomic E-state index is -3.77. The molecule has 0 bridgehead atoms. The number of halogens is 1. The Hall–Kier alpha value is -1.11. The minimum Gasteiger partial charge on any atom is -0.480 e. The van der Waals surface area contributed by atoms with Gasteiger partial charge in [0.1, 0.15) is 0 Å². The number of rotatable bonds is 5. The van der Waals surface area contributed by atoms with Gasteiger partial charge in [-0.05, 0) is 17.7 Å². The Labute approximate surface area is 98.1 Å². The number of benzene rings is 1. The standard InChI is InChI=1S/C9H10ClNO4S/c10-8-3-1-7(2-4-8)5-11-16(14,15)6-9(12)13/h1-4,11H,5-6H2,(H,12,13). The molecule has 5 nitrogen and oxygen atoms in total. The Morgan fingerprint density at radius 2 is 1.88 bits per heavy atom.